The number of Topliss-reactive ketones (excluding diaryl/α,β-unsaturated/α-hetero) is 1. The number of esters is 1. The molecule has 0 aliphatic heterocycles. The summed E-state index contributed by atoms with van der Waals surface area (Å²) in [5.41, 5.74) is 0.655. The SMILES string of the molecule is [2H]C([2H])(CNC(=O)C[C@@]12CC[C@]3(C)[C@H](CC[C@@H]4[C@@]5(C)CC[C@H](OC(=O)[C@H]6C[C@@H](C(=O)O)C6(C)C)C(C)(C)[C@@H]5CC[C@]43C)C1=C(C(C)C)C(=O)C2)NC(=O)c1ccc(Cl)cc1. The lowest BCUT2D eigenvalue weighted by Crippen LogP contribution is -2.66. The predicted octanol–water partition coefficient (Wildman–Crippen LogP) is 9.22. The largest absolute Gasteiger partial charge is 0.481 e. The summed E-state index contributed by atoms with van der Waals surface area (Å²) in [5, 5.41) is 15.3. The van der Waals surface area contributed by atoms with Crippen LogP contribution in [0.2, 0.25) is 5.02 Å². The Morgan fingerprint density at radius 3 is 2.19 bits per heavy atom. The number of hydrogen-bond donors (Lipinski definition) is 3. The van der Waals surface area contributed by atoms with Crippen LogP contribution in [0.15, 0.2) is 35.4 Å². The number of nitrogens with one attached hydrogen (secondary N) is 2. The zero-order chi connectivity index (χ0) is 44.2. The Labute approximate surface area is 353 Å². The van der Waals surface area contributed by atoms with E-state index >= 15 is 0 Å². The zero-order valence-electron chi connectivity index (χ0n) is 38.1. The van der Waals surface area contributed by atoms with Gasteiger partial charge in [0, 0.05) is 47.3 Å². The molecule has 58 heavy (non-hydrogen) atoms. The summed E-state index contributed by atoms with van der Waals surface area (Å²) in [6.07, 6.45) is 7.75. The van der Waals surface area contributed by atoms with E-state index in [9.17, 15) is 29.1 Å². The van der Waals surface area contributed by atoms with Crippen LogP contribution >= 0.6 is 11.6 Å². The molecule has 0 aromatic heterocycles. The molecular formula is C48H67ClN2O7. The van der Waals surface area contributed by atoms with Crippen molar-refractivity contribution < 1.29 is 36.6 Å². The zero-order valence-corrected chi connectivity index (χ0v) is 36.9. The average Bonchev–Trinajstić information content (AvgIpc) is 3.43. The quantitative estimate of drug-likeness (QED) is 0.200. The van der Waals surface area contributed by atoms with Crippen molar-refractivity contribution in [1.29, 1.82) is 0 Å². The molecular weight excluding hydrogens is 752 g/mol. The summed E-state index contributed by atoms with van der Waals surface area (Å²) < 4.78 is 23.4. The second kappa shape index (κ2) is 14.8. The van der Waals surface area contributed by atoms with Gasteiger partial charge in [-0.1, -0.05) is 79.5 Å². The molecule has 6 aliphatic carbocycles. The standard InChI is InChI=1S/C48H67ClN2O7/c1-27(2)38-33(52)25-48(26-37(53)50-22-23-51-40(54)28-10-12-29(49)13-11-28)21-20-46(8)30(39(38)48)14-15-35-45(7)18-17-36(44(5,6)34(45)16-19-47(35,46)9)58-42(57)32-24-31(41(55)56)43(32,3)4/h10-13,27,30-32,34-36H,14-26H2,1-9H3,(H,50,53)(H,51,54)(H,55,56)/t30-,31+,32-,34+,35-,36+,45+,46-,47-,48+/m1/s1/i23D2. The Kier molecular flexibility index (Phi) is 10.2. The Bertz CT molecular complexity index is 2000. The number of amides is 2. The molecule has 318 valence electrons. The normalized spacial score (nSPS) is 39.1. The summed E-state index contributed by atoms with van der Waals surface area (Å²) in [6.45, 7) is 17.3. The molecule has 6 aliphatic rings. The highest BCUT2D eigenvalue weighted by atomic mass is 35.5. The van der Waals surface area contributed by atoms with Crippen LogP contribution in [0.1, 0.15) is 146 Å². The minimum atomic E-state index is -2.21. The Balaban J connectivity index is 1.08. The molecule has 10 atom stereocenters. The maximum atomic E-state index is 14.1. The fourth-order valence-electron chi connectivity index (χ4n) is 14.4. The molecule has 1 aromatic carbocycles. The number of fused-ring (bicyclic) bond motifs is 7. The van der Waals surface area contributed by atoms with E-state index in [1.807, 2.05) is 13.8 Å². The fraction of sp³-hybridized carbons (Fsp3) is 0.729. The van der Waals surface area contributed by atoms with Crippen molar-refractivity contribution in [1.82, 2.24) is 10.6 Å². The predicted molar refractivity (Wildman–Crippen MR) is 224 cm³/mol. The number of rotatable bonds is 10. The summed E-state index contributed by atoms with van der Waals surface area (Å²) in [5.74, 6) is -1.97. The first-order chi connectivity index (χ1) is 27.7. The molecule has 1 aromatic rings. The Hall–Kier alpha value is -3.20. The van der Waals surface area contributed by atoms with Gasteiger partial charge in [-0.2, -0.15) is 0 Å². The minimum Gasteiger partial charge on any atom is -0.481 e. The Morgan fingerprint density at radius 2 is 1.55 bits per heavy atom. The molecule has 3 N–H and O–H groups in total. The molecule has 5 saturated carbocycles. The van der Waals surface area contributed by atoms with Crippen LogP contribution in [0.25, 0.3) is 0 Å². The number of aliphatic carboxylic acids is 1. The lowest BCUT2D eigenvalue weighted by molar-refractivity contribution is -0.236. The van der Waals surface area contributed by atoms with E-state index in [0.717, 1.165) is 50.5 Å². The number of carboxylic acid groups (broad SMARTS) is 1. The lowest BCUT2D eigenvalue weighted by Gasteiger charge is -2.72. The van der Waals surface area contributed by atoms with Crippen molar-refractivity contribution in [2.45, 2.75) is 139 Å². The van der Waals surface area contributed by atoms with E-state index in [-0.39, 0.29) is 69.2 Å². The van der Waals surface area contributed by atoms with Gasteiger partial charge in [0.1, 0.15) is 6.10 Å². The molecule has 0 spiro atoms. The van der Waals surface area contributed by atoms with Crippen LogP contribution in [-0.4, -0.2) is 53.8 Å². The first kappa shape index (κ1) is 40.2. The van der Waals surface area contributed by atoms with Gasteiger partial charge < -0.3 is 20.5 Å². The molecule has 9 nitrogen and oxygen atoms in total. The first-order valence-electron chi connectivity index (χ1n) is 22.8. The first-order valence-corrected chi connectivity index (χ1v) is 22.2. The number of halogens is 1. The number of carboxylic acids is 1. The van der Waals surface area contributed by atoms with E-state index in [2.05, 4.69) is 59.1 Å². The van der Waals surface area contributed by atoms with Gasteiger partial charge in [-0.25, -0.2) is 0 Å². The third-order valence-electron chi connectivity index (χ3n) is 17.8. The maximum absolute atomic E-state index is 14.1. The number of carbonyl (C=O) groups excluding carboxylic acids is 4. The topological polar surface area (TPSA) is 139 Å². The molecule has 2 amide bonds. The Morgan fingerprint density at radius 1 is 0.862 bits per heavy atom. The van der Waals surface area contributed by atoms with Crippen molar-refractivity contribution in [3.05, 3.63) is 46.0 Å². The van der Waals surface area contributed by atoms with Gasteiger partial charge in [0.2, 0.25) is 5.91 Å². The number of benzene rings is 1. The molecule has 0 saturated heterocycles. The highest BCUT2D eigenvalue weighted by molar-refractivity contribution is 6.30. The van der Waals surface area contributed by atoms with Gasteiger partial charge in [0.15, 0.2) is 5.78 Å². The molecule has 7 rings (SSSR count). The van der Waals surface area contributed by atoms with E-state index in [1.54, 1.807) is 12.1 Å². The maximum Gasteiger partial charge on any atom is 0.309 e. The van der Waals surface area contributed by atoms with Crippen molar-refractivity contribution >= 4 is 41.1 Å². The second-order valence-corrected chi connectivity index (χ2v) is 21.8. The van der Waals surface area contributed by atoms with Crippen molar-refractivity contribution in [3.8, 4) is 0 Å². The highest BCUT2D eigenvalue weighted by Crippen LogP contribution is 2.77. The number of ether oxygens (including phenoxy) is 1. The summed E-state index contributed by atoms with van der Waals surface area (Å²) in [7, 11) is 0. The van der Waals surface area contributed by atoms with Crippen LogP contribution in [0.3, 0.4) is 0 Å². The molecule has 0 heterocycles. The second-order valence-electron chi connectivity index (χ2n) is 21.4. The van der Waals surface area contributed by atoms with Gasteiger partial charge in [-0.3, -0.25) is 24.0 Å². The van der Waals surface area contributed by atoms with E-state index in [0.29, 0.717) is 36.1 Å². The van der Waals surface area contributed by atoms with Crippen molar-refractivity contribution in [3.63, 3.8) is 0 Å². The number of carbonyl (C=O) groups is 5. The van der Waals surface area contributed by atoms with Crippen molar-refractivity contribution in [2.24, 2.45) is 68.0 Å². The third kappa shape index (κ3) is 6.57. The van der Waals surface area contributed by atoms with Gasteiger partial charge in [0.05, 0.1) is 14.6 Å². The molecule has 0 bridgehead atoms. The van der Waals surface area contributed by atoms with Crippen LogP contribution in [0.4, 0.5) is 0 Å². The molecule has 10 heteroatoms. The third-order valence-corrected chi connectivity index (χ3v) is 18.1. The van der Waals surface area contributed by atoms with E-state index in [4.69, 9.17) is 19.1 Å². The molecule has 0 radical (unpaired) electrons. The number of allylic oxidation sites excluding steroid dienone is 2. The van der Waals surface area contributed by atoms with Crippen LogP contribution in [-0.2, 0) is 23.9 Å². The summed E-state index contributed by atoms with van der Waals surface area (Å²) >= 11 is 5.95. The smallest absolute Gasteiger partial charge is 0.309 e. The van der Waals surface area contributed by atoms with Crippen molar-refractivity contribution in [2.75, 3.05) is 13.0 Å². The average molecular weight is 822 g/mol. The monoisotopic (exact) mass is 820 g/mol. The number of ketones is 1. The van der Waals surface area contributed by atoms with Crippen LogP contribution in [0.5, 0.6) is 0 Å². The minimum absolute atomic E-state index is 0.00863. The van der Waals surface area contributed by atoms with Gasteiger partial charge in [-0.05, 0) is 133 Å². The number of hydrogen-bond acceptors (Lipinski definition) is 6. The van der Waals surface area contributed by atoms with Crippen LogP contribution in [0, 0.1) is 68.0 Å². The van der Waals surface area contributed by atoms with Crippen LogP contribution < -0.4 is 10.6 Å². The van der Waals surface area contributed by atoms with E-state index < -0.39 is 47.6 Å². The fourth-order valence-corrected chi connectivity index (χ4v) is 14.5. The molecule has 0 unspecified atom stereocenters. The van der Waals surface area contributed by atoms with Gasteiger partial charge in [0.25, 0.3) is 5.91 Å². The highest BCUT2D eigenvalue weighted by Gasteiger charge is 2.70. The lowest BCUT2D eigenvalue weighted by atomic mass is 9.33. The summed E-state index contributed by atoms with van der Waals surface area (Å²) in [4.78, 5) is 66.2. The van der Waals surface area contributed by atoms with Gasteiger partial charge >= 0.3 is 11.9 Å². The molecule has 5 fully saturated rings. The van der Waals surface area contributed by atoms with E-state index in [1.165, 1.54) is 17.7 Å². The van der Waals surface area contributed by atoms with Gasteiger partial charge in [-0.15, -0.1) is 0 Å². The summed E-state index contributed by atoms with van der Waals surface area (Å²) in [6, 6.07) is 6.15.